The summed E-state index contributed by atoms with van der Waals surface area (Å²) in [5.41, 5.74) is -0.146. The summed E-state index contributed by atoms with van der Waals surface area (Å²) in [5, 5.41) is 3.28. The summed E-state index contributed by atoms with van der Waals surface area (Å²) in [6.45, 7) is 1.90. The molecule has 2 N–H and O–H groups in total. The van der Waals surface area contributed by atoms with Gasteiger partial charge < -0.3 is 5.32 Å². The van der Waals surface area contributed by atoms with E-state index in [4.69, 9.17) is 0 Å². The Hall–Kier alpha value is -0.130. The molecule has 3 aliphatic rings. The molecule has 5 heteroatoms. The molecule has 0 unspecified atom stereocenters. The van der Waals surface area contributed by atoms with Crippen molar-refractivity contribution in [2.75, 3.05) is 13.1 Å². The second-order valence-electron chi connectivity index (χ2n) is 6.59. The lowest BCUT2D eigenvalue weighted by atomic mass is 9.71. The number of hydrogen-bond donors (Lipinski definition) is 2. The van der Waals surface area contributed by atoms with Crippen molar-refractivity contribution in [1.29, 1.82) is 0 Å². The highest BCUT2D eigenvalue weighted by molar-refractivity contribution is 7.90. The van der Waals surface area contributed by atoms with E-state index in [1.807, 2.05) is 0 Å². The Balaban J connectivity index is 1.78. The molecule has 3 rings (SSSR count). The van der Waals surface area contributed by atoms with Gasteiger partial charge in [-0.25, -0.2) is 13.1 Å². The number of rotatable bonds is 4. The molecule has 0 aromatic heterocycles. The van der Waals surface area contributed by atoms with Gasteiger partial charge in [0.15, 0.2) is 0 Å². The first-order valence-corrected chi connectivity index (χ1v) is 9.41. The van der Waals surface area contributed by atoms with Gasteiger partial charge in [0.25, 0.3) is 0 Å². The van der Waals surface area contributed by atoms with E-state index in [0.29, 0.717) is 5.92 Å². The van der Waals surface area contributed by atoms with Crippen molar-refractivity contribution in [3.63, 3.8) is 0 Å². The lowest BCUT2D eigenvalue weighted by Gasteiger charge is -2.45. The summed E-state index contributed by atoms with van der Waals surface area (Å²) < 4.78 is 27.9. The van der Waals surface area contributed by atoms with Crippen LogP contribution in [0.25, 0.3) is 0 Å². The van der Waals surface area contributed by atoms with E-state index in [2.05, 4.69) is 10.0 Å². The Morgan fingerprint density at radius 2 is 1.58 bits per heavy atom. The van der Waals surface area contributed by atoms with Gasteiger partial charge in [0.1, 0.15) is 0 Å². The maximum absolute atomic E-state index is 12.4. The molecule has 0 aromatic carbocycles. The van der Waals surface area contributed by atoms with Crippen molar-refractivity contribution in [3.05, 3.63) is 0 Å². The SMILES string of the molecule is O=S(=O)(NC1(C2CCCCC2)CCNCC1)C1CC1. The van der Waals surface area contributed by atoms with Crippen molar-refractivity contribution in [1.82, 2.24) is 10.0 Å². The maximum atomic E-state index is 12.4. The van der Waals surface area contributed by atoms with Gasteiger partial charge in [0.2, 0.25) is 10.0 Å². The summed E-state index contributed by atoms with van der Waals surface area (Å²) in [6.07, 6.45) is 9.90. The van der Waals surface area contributed by atoms with Crippen LogP contribution in [0.1, 0.15) is 57.8 Å². The second kappa shape index (κ2) is 5.34. The molecule has 1 heterocycles. The first-order valence-electron chi connectivity index (χ1n) is 7.86. The number of sulfonamides is 1. The Morgan fingerprint density at radius 1 is 0.947 bits per heavy atom. The predicted octanol–water partition coefficient (Wildman–Crippen LogP) is 1.77. The van der Waals surface area contributed by atoms with Crippen LogP contribution in [0.15, 0.2) is 0 Å². The quantitative estimate of drug-likeness (QED) is 0.828. The zero-order valence-electron chi connectivity index (χ0n) is 11.7. The van der Waals surface area contributed by atoms with Crippen LogP contribution in [0.2, 0.25) is 0 Å². The van der Waals surface area contributed by atoms with Gasteiger partial charge in [-0.3, -0.25) is 0 Å². The lowest BCUT2D eigenvalue weighted by molar-refractivity contribution is 0.144. The molecule has 0 atom stereocenters. The largest absolute Gasteiger partial charge is 0.317 e. The van der Waals surface area contributed by atoms with Crippen LogP contribution in [0.5, 0.6) is 0 Å². The van der Waals surface area contributed by atoms with E-state index in [1.54, 1.807) is 0 Å². The lowest BCUT2D eigenvalue weighted by Crippen LogP contribution is -2.59. The van der Waals surface area contributed by atoms with Crippen LogP contribution in [-0.4, -0.2) is 32.3 Å². The topological polar surface area (TPSA) is 58.2 Å². The van der Waals surface area contributed by atoms with Crippen LogP contribution >= 0.6 is 0 Å². The third kappa shape index (κ3) is 2.98. The average Bonchev–Trinajstić information content (AvgIpc) is 3.25. The first kappa shape index (κ1) is 13.8. The number of nitrogens with one attached hydrogen (secondary N) is 2. The molecule has 0 amide bonds. The van der Waals surface area contributed by atoms with Crippen molar-refractivity contribution in [2.45, 2.75) is 68.6 Å². The molecule has 0 spiro atoms. The van der Waals surface area contributed by atoms with Crippen molar-refractivity contribution in [2.24, 2.45) is 5.92 Å². The Bertz CT molecular complexity index is 405. The van der Waals surface area contributed by atoms with E-state index in [1.165, 1.54) is 32.1 Å². The standard InChI is InChI=1S/C14H26N2O2S/c17-19(18,13-6-7-13)16-14(8-10-15-11-9-14)12-4-2-1-3-5-12/h12-13,15-16H,1-11H2. The molecule has 1 saturated heterocycles. The summed E-state index contributed by atoms with van der Waals surface area (Å²) in [4.78, 5) is 0. The molecule has 0 radical (unpaired) electrons. The fourth-order valence-electron chi connectivity index (χ4n) is 3.87. The minimum atomic E-state index is -3.07. The predicted molar refractivity (Wildman–Crippen MR) is 76.5 cm³/mol. The molecule has 3 fully saturated rings. The Morgan fingerprint density at radius 3 is 2.16 bits per heavy atom. The van der Waals surface area contributed by atoms with E-state index in [9.17, 15) is 8.42 Å². The minimum Gasteiger partial charge on any atom is -0.317 e. The van der Waals surface area contributed by atoms with Crippen LogP contribution in [-0.2, 0) is 10.0 Å². The zero-order valence-corrected chi connectivity index (χ0v) is 12.5. The first-order chi connectivity index (χ1) is 9.12. The third-order valence-corrected chi connectivity index (χ3v) is 7.23. The fourth-order valence-corrected chi connectivity index (χ4v) is 5.73. The normalized spacial score (nSPS) is 29.3. The monoisotopic (exact) mass is 286 g/mol. The van der Waals surface area contributed by atoms with E-state index >= 15 is 0 Å². The van der Waals surface area contributed by atoms with Gasteiger partial charge in [-0.15, -0.1) is 0 Å². The molecule has 0 bridgehead atoms. The second-order valence-corrected chi connectivity index (χ2v) is 8.55. The molecular formula is C14H26N2O2S. The summed E-state index contributed by atoms with van der Waals surface area (Å²) in [7, 11) is -3.07. The summed E-state index contributed by atoms with van der Waals surface area (Å²) in [5.74, 6) is 0.553. The van der Waals surface area contributed by atoms with Gasteiger partial charge in [-0.05, 0) is 57.5 Å². The molecule has 2 saturated carbocycles. The number of piperidine rings is 1. The highest BCUT2D eigenvalue weighted by Gasteiger charge is 2.46. The maximum Gasteiger partial charge on any atom is 0.214 e. The van der Waals surface area contributed by atoms with Crippen molar-refractivity contribution < 1.29 is 8.42 Å². The van der Waals surface area contributed by atoms with E-state index in [-0.39, 0.29) is 10.8 Å². The molecule has 19 heavy (non-hydrogen) atoms. The Labute approximate surface area is 116 Å². The van der Waals surface area contributed by atoms with Crippen LogP contribution in [0.3, 0.4) is 0 Å². The van der Waals surface area contributed by atoms with Crippen LogP contribution in [0.4, 0.5) is 0 Å². The Kier molecular flexibility index (Phi) is 3.89. The highest BCUT2D eigenvalue weighted by Crippen LogP contribution is 2.40. The molecule has 4 nitrogen and oxygen atoms in total. The van der Waals surface area contributed by atoms with Gasteiger partial charge in [-0.2, -0.15) is 0 Å². The van der Waals surface area contributed by atoms with Gasteiger partial charge >= 0.3 is 0 Å². The minimum absolute atomic E-state index is 0.0946. The van der Waals surface area contributed by atoms with E-state index < -0.39 is 10.0 Å². The van der Waals surface area contributed by atoms with Gasteiger partial charge in [-0.1, -0.05) is 19.3 Å². The van der Waals surface area contributed by atoms with Crippen LogP contribution < -0.4 is 10.0 Å². The smallest absolute Gasteiger partial charge is 0.214 e. The fraction of sp³-hybridized carbons (Fsp3) is 1.00. The molecule has 2 aliphatic carbocycles. The third-order valence-electron chi connectivity index (χ3n) is 5.19. The van der Waals surface area contributed by atoms with Gasteiger partial charge in [0, 0.05) is 5.54 Å². The van der Waals surface area contributed by atoms with E-state index in [0.717, 1.165) is 38.8 Å². The molecule has 0 aromatic rings. The van der Waals surface area contributed by atoms with Crippen LogP contribution in [0, 0.1) is 5.92 Å². The number of hydrogen-bond acceptors (Lipinski definition) is 3. The highest BCUT2D eigenvalue weighted by atomic mass is 32.2. The van der Waals surface area contributed by atoms with Crippen molar-refractivity contribution in [3.8, 4) is 0 Å². The molecule has 110 valence electrons. The van der Waals surface area contributed by atoms with Crippen molar-refractivity contribution >= 4 is 10.0 Å². The van der Waals surface area contributed by atoms with Gasteiger partial charge in [0.05, 0.1) is 5.25 Å². The molecular weight excluding hydrogens is 260 g/mol. The summed E-state index contributed by atoms with van der Waals surface area (Å²) >= 11 is 0. The molecule has 1 aliphatic heterocycles. The summed E-state index contributed by atoms with van der Waals surface area (Å²) in [6, 6.07) is 0. The average molecular weight is 286 g/mol. The zero-order chi connectivity index (χ0) is 13.3.